The van der Waals surface area contributed by atoms with E-state index in [0.717, 1.165) is 30.8 Å². The molecular formula is C12H22O2. The van der Waals surface area contributed by atoms with E-state index >= 15 is 0 Å². The molecule has 1 saturated carbocycles. The van der Waals surface area contributed by atoms with E-state index < -0.39 is 6.29 Å². The Kier molecular flexibility index (Phi) is 3.45. The smallest absolute Gasteiger partial charge is 0.154 e. The Labute approximate surface area is 86.6 Å². The van der Waals surface area contributed by atoms with Gasteiger partial charge in [-0.1, -0.05) is 19.8 Å². The molecule has 2 atom stereocenters. The van der Waals surface area contributed by atoms with E-state index in [1.165, 1.54) is 32.1 Å². The molecule has 2 unspecified atom stereocenters. The highest BCUT2D eigenvalue weighted by Gasteiger charge is 2.29. The number of ether oxygens (including phenoxy) is 1. The van der Waals surface area contributed by atoms with Gasteiger partial charge in [0.2, 0.25) is 0 Å². The maximum atomic E-state index is 9.25. The lowest BCUT2D eigenvalue weighted by atomic mass is 9.75. The Hall–Kier alpha value is -0.0800. The van der Waals surface area contributed by atoms with Crippen LogP contribution in [0.15, 0.2) is 0 Å². The average molecular weight is 198 g/mol. The lowest BCUT2D eigenvalue weighted by molar-refractivity contribution is -0.149. The molecule has 82 valence electrons. The molecule has 0 bridgehead atoms. The zero-order chi connectivity index (χ0) is 9.97. The molecular weight excluding hydrogens is 176 g/mol. The zero-order valence-corrected chi connectivity index (χ0v) is 9.11. The molecule has 1 aliphatic carbocycles. The molecule has 2 rings (SSSR count). The van der Waals surface area contributed by atoms with Crippen molar-refractivity contribution in [2.45, 2.75) is 51.7 Å². The first-order chi connectivity index (χ1) is 6.75. The molecule has 2 fully saturated rings. The van der Waals surface area contributed by atoms with Crippen LogP contribution in [0, 0.1) is 17.8 Å². The molecule has 0 aromatic carbocycles. The third-order valence-corrected chi connectivity index (χ3v) is 4.01. The van der Waals surface area contributed by atoms with E-state index in [4.69, 9.17) is 4.74 Å². The van der Waals surface area contributed by atoms with Crippen LogP contribution in [0.5, 0.6) is 0 Å². The van der Waals surface area contributed by atoms with Crippen molar-refractivity contribution in [2.75, 3.05) is 6.61 Å². The van der Waals surface area contributed by atoms with Crippen molar-refractivity contribution in [1.29, 1.82) is 0 Å². The first-order valence-electron chi connectivity index (χ1n) is 6.05. The van der Waals surface area contributed by atoms with Gasteiger partial charge >= 0.3 is 0 Å². The van der Waals surface area contributed by atoms with Crippen molar-refractivity contribution in [3.8, 4) is 0 Å². The molecule has 1 heterocycles. The van der Waals surface area contributed by atoms with Crippen LogP contribution in [-0.2, 0) is 4.74 Å². The van der Waals surface area contributed by atoms with Crippen molar-refractivity contribution in [1.82, 2.24) is 0 Å². The van der Waals surface area contributed by atoms with E-state index in [1.54, 1.807) is 0 Å². The third-order valence-electron chi connectivity index (χ3n) is 4.01. The Bertz CT molecular complexity index is 145. The van der Waals surface area contributed by atoms with Gasteiger partial charge in [-0.15, -0.1) is 0 Å². The fourth-order valence-electron chi connectivity index (χ4n) is 2.89. The highest BCUT2D eigenvalue weighted by molar-refractivity contribution is 4.78. The van der Waals surface area contributed by atoms with Crippen LogP contribution in [0.25, 0.3) is 0 Å². The van der Waals surface area contributed by atoms with Gasteiger partial charge < -0.3 is 9.84 Å². The summed E-state index contributed by atoms with van der Waals surface area (Å²) < 4.78 is 5.33. The monoisotopic (exact) mass is 198 g/mol. The summed E-state index contributed by atoms with van der Waals surface area (Å²) in [6, 6.07) is 0. The molecule has 2 aliphatic rings. The average Bonchev–Trinajstić information content (AvgIpc) is 2.21. The van der Waals surface area contributed by atoms with Gasteiger partial charge in [-0.05, 0) is 43.4 Å². The SMILES string of the molecule is CC1CCC(C2CCC(O)OC2)CC1. The number of aliphatic hydroxyl groups excluding tert-OH is 1. The lowest BCUT2D eigenvalue weighted by Gasteiger charge is -2.36. The second kappa shape index (κ2) is 4.63. The van der Waals surface area contributed by atoms with E-state index in [0.29, 0.717) is 0 Å². The van der Waals surface area contributed by atoms with Crippen molar-refractivity contribution in [3.63, 3.8) is 0 Å². The molecule has 0 aromatic rings. The maximum absolute atomic E-state index is 9.25. The number of rotatable bonds is 1. The number of hydrogen-bond acceptors (Lipinski definition) is 2. The first-order valence-corrected chi connectivity index (χ1v) is 6.05. The van der Waals surface area contributed by atoms with Crippen molar-refractivity contribution >= 4 is 0 Å². The standard InChI is InChI=1S/C12H22O2/c1-9-2-4-10(5-3-9)11-6-7-12(13)14-8-11/h9-13H,2-8H2,1H3. The highest BCUT2D eigenvalue weighted by atomic mass is 16.6. The van der Waals surface area contributed by atoms with E-state index in [2.05, 4.69) is 6.92 Å². The largest absolute Gasteiger partial charge is 0.368 e. The normalized spacial score (nSPS) is 45.0. The molecule has 14 heavy (non-hydrogen) atoms. The first kappa shape index (κ1) is 10.4. The number of hydrogen-bond donors (Lipinski definition) is 1. The van der Waals surface area contributed by atoms with E-state index in [1.807, 2.05) is 0 Å². The second-order valence-corrected chi connectivity index (χ2v) is 5.15. The minimum atomic E-state index is -0.478. The highest BCUT2D eigenvalue weighted by Crippen LogP contribution is 2.36. The molecule has 0 radical (unpaired) electrons. The van der Waals surface area contributed by atoms with Crippen molar-refractivity contribution in [3.05, 3.63) is 0 Å². The molecule has 1 saturated heterocycles. The van der Waals surface area contributed by atoms with Gasteiger partial charge in [0, 0.05) is 0 Å². The summed E-state index contributed by atoms with van der Waals surface area (Å²) in [5.74, 6) is 2.53. The van der Waals surface area contributed by atoms with Crippen LogP contribution in [0.1, 0.15) is 45.4 Å². The van der Waals surface area contributed by atoms with E-state index in [-0.39, 0.29) is 0 Å². The minimum Gasteiger partial charge on any atom is -0.368 e. The van der Waals surface area contributed by atoms with Crippen LogP contribution in [0.4, 0.5) is 0 Å². The fourth-order valence-corrected chi connectivity index (χ4v) is 2.89. The molecule has 2 heteroatoms. The zero-order valence-electron chi connectivity index (χ0n) is 9.11. The molecule has 0 spiro atoms. The molecule has 1 aliphatic heterocycles. The lowest BCUT2D eigenvalue weighted by Crippen LogP contribution is -2.32. The van der Waals surface area contributed by atoms with Crippen LogP contribution >= 0.6 is 0 Å². The van der Waals surface area contributed by atoms with Gasteiger partial charge in [0.05, 0.1) is 6.61 Å². The van der Waals surface area contributed by atoms with Crippen LogP contribution < -0.4 is 0 Å². The number of aliphatic hydroxyl groups is 1. The Morgan fingerprint density at radius 2 is 1.57 bits per heavy atom. The third kappa shape index (κ3) is 2.48. The summed E-state index contributed by atoms with van der Waals surface area (Å²) in [5.41, 5.74) is 0. The summed E-state index contributed by atoms with van der Waals surface area (Å²) in [6.07, 6.45) is 7.08. The minimum absolute atomic E-state index is 0.478. The van der Waals surface area contributed by atoms with Gasteiger partial charge in [0.25, 0.3) is 0 Å². The quantitative estimate of drug-likeness (QED) is 0.701. The summed E-state index contributed by atoms with van der Waals surface area (Å²) in [7, 11) is 0. The fraction of sp³-hybridized carbons (Fsp3) is 1.00. The van der Waals surface area contributed by atoms with Gasteiger partial charge in [-0.3, -0.25) is 0 Å². The predicted octanol–water partition coefficient (Wildman–Crippen LogP) is 2.56. The van der Waals surface area contributed by atoms with Crippen LogP contribution in [-0.4, -0.2) is 18.0 Å². The van der Waals surface area contributed by atoms with Crippen LogP contribution in [0.2, 0.25) is 0 Å². The molecule has 1 N–H and O–H groups in total. The van der Waals surface area contributed by atoms with Gasteiger partial charge in [-0.25, -0.2) is 0 Å². The summed E-state index contributed by atoms with van der Waals surface area (Å²) in [6.45, 7) is 3.15. The Morgan fingerprint density at radius 3 is 2.14 bits per heavy atom. The maximum Gasteiger partial charge on any atom is 0.154 e. The van der Waals surface area contributed by atoms with Gasteiger partial charge in [-0.2, -0.15) is 0 Å². The van der Waals surface area contributed by atoms with E-state index in [9.17, 15) is 5.11 Å². The summed E-state index contributed by atoms with van der Waals surface area (Å²) in [5, 5.41) is 9.25. The molecule has 0 amide bonds. The molecule has 2 nitrogen and oxygen atoms in total. The Balaban J connectivity index is 1.78. The van der Waals surface area contributed by atoms with Crippen molar-refractivity contribution < 1.29 is 9.84 Å². The van der Waals surface area contributed by atoms with Gasteiger partial charge in [0.15, 0.2) is 6.29 Å². The Morgan fingerprint density at radius 1 is 0.929 bits per heavy atom. The van der Waals surface area contributed by atoms with Crippen molar-refractivity contribution in [2.24, 2.45) is 17.8 Å². The predicted molar refractivity (Wildman–Crippen MR) is 55.8 cm³/mol. The second-order valence-electron chi connectivity index (χ2n) is 5.15. The topological polar surface area (TPSA) is 29.5 Å². The summed E-state index contributed by atoms with van der Waals surface area (Å²) >= 11 is 0. The van der Waals surface area contributed by atoms with Gasteiger partial charge in [0.1, 0.15) is 0 Å². The van der Waals surface area contributed by atoms with Crippen LogP contribution in [0.3, 0.4) is 0 Å². The molecule has 0 aromatic heterocycles. The summed E-state index contributed by atoms with van der Waals surface area (Å²) in [4.78, 5) is 0.